The summed E-state index contributed by atoms with van der Waals surface area (Å²) in [7, 11) is 0. The van der Waals surface area contributed by atoms with Crippen LogP contribution >= 0.6 is 0 Å². The van der Waals surface area contributed by atoms with Gasteiger partial charge in [-0.05, 0) is 57.7 Å². The molecule has 0 aromatic heterocycles. The van der Waals surface area contributed by atoms with Gasteiger partial charge in [-0.2, -0.15) is 0 Å². The molecule has 1 aliphatic heterocycles. The van der Waals surface area contributed by atoms with E-state index in [9.17, 15) is 4.79 Å². The molecule has 114 valence electrons. The largest absolute Gasteiger partial charge is 0.459 e. The molecule has 0 amide bonds. The van der Waals surface area contributed by atoms with Gasteiger partial charge in [0.15, 0.2) is 0 Å². The fourth-order valence-corrected chi connectivity index (χ4v) is 3.49. The summed E-state index contributed by atoms with van der Waals surface area (Å²) in [5.41, 5.74) is 2.54. The van der Waals surface area contributed by atoms with E-state index in [1.165, 1.54) is 11.1 Å². The highest BCUT2D eigenvalue weighted by Gasteiger charge is 2.37. The summed E-state index contributed by atoms with van der Waals surface area (Å²) in [6, 6.07) is 8.61. The average molecular weight is 287 g/mol. The van der Waals surface area contributed by atoms with Gasteiger partial charge in [0.25, 0.3) is 0 Å². The lowest BCUT2D eigenvalue weighted by molar-refractivity contribution is -0.160. The van der Waals surface area contributed by atoms with Crippen molar-refractivity contribution in [2.75, 3.05) is 13.1 Å². The predicted molar refractivity (Wildman–Crippen MR) is 83.3 cm³/mol. The van der Waals surface area contributed by atoms with Crippen molar-refractivity contribution in [3.05, 3.63) is 35.4 Å². The van der Waals surface area contributed by atoms with Gasteiger partial charge in [-0.15, -0.1) is 0 Å². The van der Waals surface area contributed by atoms with Crippen LogP contribution in [-0.4, -0.2) is 35.6 Å². The normalized spacial score (nSPS) is 25.3. The van der Waals surface area contributed by atoms with Gasteiger partial charge in [-0.1, -0.05) is 24.3 Å². The van der Waals surface area contributed by atoms with Crippen LogP contribution in [0.4, 0.5) is 0 Å². The molecule has 0 bridgehead atoms. The van der Waals surface area contributed by atoms with Crippen LogP contribution in [-0.2, 0) is 16.0 Å². The van der Waals surface area contributed by atoms with Crippen molar-refractivity contribution in [1.29, 1.82) is 0 Å². The van der Waals surface area contributed by atoms with E-state index in [0.29, 0.717) is 5.92 Å². The van der Waals surface area contributed by atoms with E-state index in [1.807, 2.05) is 20.8 Å². The van der Waals surface area contributed by atoms with Crippen LogP contribution in [0.2, 0.25) is 0 Å². The average Bonchev–Trinajstić information content (AvgIpc) is 2.82. The molecule has 3 heteroatoms. The van der Waals surface area contributed by atoms with E-state index >= 15 is 0 Å². The minimum Gasteiger partial charge on any atom is -0.459 e. The van der Waals surface area contributed by atoms with E-state index in [-0.39, 0.29) is 12.0 Å². The first-order valence-electron chi connectivity index (χ1n) is 7.99. The second kappa shape index (κ2) is 5.45. The molecule has 3 nitrogen and oxygen atoms in total. The maximum absolute atomic E-state index is 12.3. The van der Waals surface area contributed by atoms with Crippen molar-refractivity contribution in [2.24, 2.45) is 0 Å². The molecule has 0 spiro atoms. The van der Waals surface area contributed by atoms with Gasteiger partial charge < -0.3 is 4.74 Å². The van der Waals surface area contributed by atoms with E-state index < -0.39 is 5.60 Å². The second-order valence-corrected chi connectivity index (χ2v) is 7.29. The fraction of sp³-hybridized carbons (Fsp3) is 0.611. The number of benzene rings is 1. The van der Waals surface area contributed by atoms with Gasteiger partial charge in [0, 0.05) is 12.5 Å². The molecule has 1 aliphatic carbocycles. The van der Waals surface area contributed by atoms with Crippen LogP contribution in [0.1, 0.15) is 50.7 Å². The lowest BCUT2D eigenvalue weighted by Gasteiger charge is -2.35. The van der Waals surface area contributed by atoms with Crippen LogP contribution in [0.5, 0.6) is 0 Å². The first-order chi connectivity index (χ1) is 9.94. The first kappa shape index (κ1) is 14.6. The summed E-state index contributed by atoms with van der Waals surface area (Å²) in [6.45, 7) is 7.81. The minimum atomic E-state index is -0.394. The summed E-state index contributed by atoms with van der Waals surface area (Å²) in [5, 5.41) is 0. The van der Waals surface area contributed by atoms with Crippen molar-refractivity contribution in [1.82, 2.24) is 4.90 Å². The van der Waals surface area contributed by atoms with Crippen LogP contribution in [0.3, 0.4) is 0 Å². The highest BCUT2D eigenvalue weighted by atomic mass is 16.6. The molecular formula is C18H25NO2. The maximum atomic E-state index is 12.3. The Labute approximate surface area is 127 Å². The Kier molecular flexibility index (Phi) is 3.78. The van der Waals surface area contributed by atoms with E-state index in [1.54, 1.807) is 0 Å². The Morgan fingerprint density at radius 3 is 2.81 bits per heavy atom. The van der Waals surface area contributed by atoms with Crippen molar-refractivity contribution in [2.45, 2.75) is 57.6 Å². The second-order valence-electron chi connectivity index (χ2n) is 7.29. The van der Waals surface area contributed by atoms with Gasteiger partial charge in [0.2, 0.25) is 0 Å². The summed E-state index contributed by atoms with van der Waals surface area (Å²) >= 11 is 0. The molecule has 0 radical (unpaired) electrons. The number of hydrogen-bond acceptors (Lipinski definition) is 3. The zero-order valence-corrected chi connectivity index (χ0v) is 13.3. The van der Waals surface area contributed by atoms with Crippen LogP contribution in [0, 0.1) is 0 Å². The molecule has 1 heterocycles. The van der Waals surface area contributed by atoms with Crippen LogP contribution in [0.25, 0.3) is 0 Å². The lowest BCUT2D eigenvalue weighted by Crippen LogP contribution is -2.43. The maximum Gasteiger partial charge on any atom is 0.323 e. The van der Waals surface area contributed by atoms with Gasteiger partial charge in [0.05, 0.1) is 0 Å². The van der Waals surface area contributed by atoms with Crippen molar-refractivity contribution >= 4 is 5.97 Å². The highest BCUT2D eigenvalue weighted by molar-refractivity contribution is 5.76. The SMILES string of the molecule is CC(C)(C)OC(=O)[C@H]1CCCN1CC1Cc2ccccc21. The molecule has 1 saturated heterocycles. The van der Waals surface area contributed by atoms with Crippen molar-refractivity contribution < 1.29 is 9.53 Å². The Morgan fingerprint density at radius 1 is 1.33 bits per heavy atom. The molecule has 2 atom stereocenters. The third-order valence-corrected chi connectivity index (χ3v) is 4.46. The monoisotopic (exact) mass is 287 g/mol. The first-order valence-corrected chi connectivity index (χ1v) is 7.99. The van der Waals surface area contributed by atoms with Crippen molar-refractivity contribution in [3.63, 3.8) is 0 Å². The summed E-state index contributed by atoms with van der Waals surface area (Å²) in [5.74, 6) is 0.539. The zero-order chi connectivity index (χ0) is 15.0. The van der Waals surface area contributed by atoms with Crippen molar-refractivity contribution in [3.8, 4) is 0 Å². The number of rotatable bonds is 3. The van der Waals surface area contributed by atoms with Gasteiger partial charge in [-0.25, -0.2) is 0 Å². The molecule has 1 fully saturated rings. The smallest absolute Gasteiger partial charge is 0.323 e. The summed E-state index contributed by atoms with van der Waals surface area (Å²) in [6.07, 6.45) is 3.18. The third kappa shape index (κ3) is 3.13. The number of ether oxygens (including phenoxy) is 1. The number of likely N-dealkylation sites (tertiary alicyclic amines) is 1. The Hall–Kier alpha value is -1.35. The predicted octanol–water partition coefficient (Wildman–Crippen LogP) is 3.13. The number of carbonyl (C=O) groups excluding carboxylic acids is 1. The highest BCUT2D eigenvalue weighted by Crippen LogP contribution is 2.36. The number of esters is 1. The summed E-state index contributed by atoms with van der Waals surface area (Å²) in [4.78, 5) is 14.7. The molecule has 1 unspecified atom stereocenters. The molecule has 1 aromatic carbocycles. The van der Waals surface area contributed by atoms with Crippen LogP contribution < -0.4 is 0 Å². The van der Waals surface area contributed by atoms with E-state index in [2.05, 4.69) is 29.2 Å². The summed E-state index contributed by atoms with van der Waals surface area (Å²) < 4.78 is 5.57. The number of carbonyl (C=O) groups is 1. The molecule has 21 heavy (non-hydrogen) atoms. The molecule has 3 rings (SSSR count). The molecular weight excluding hydrogens is 262 g/mol. The van der Waals surface area contributed by atoms with Crippen LogP contribution in [0.15, 0.2) is 24.3 Å². The quantitative estimate of drug-likeness (QED) is 0.800. The minimum absolute atomic E-state index is 0.0445. The number of hydrogen-bond donors (Lipinski definition) is 0. The molecule has 2 aliphatic rings. The van der Waals surface area contributed by atoms with E-state index in [4.69, 9.17) is 4.74 Å². The molecule has 1 aromatic rings. The number of nitrogens with zero attached hydrogens (tertiary/aromatic N) is 1. The Balaban J connectivity index is 1.62. The standard InChI is InChI=1S/C18H25NO2/c1-18(2,3)21-17(20)16-9-6-10-19(16)12-14-11-13-7-4-5-8-15(13)14/h4-5,7-8,14,16H,6,9-12H2,1-3H3/t14?,16-/m1/s1. The lowest BCUT2D eigenvalue weighted by atomic mass is 9.77. The van der Waals surface area contributed by atoms with Gasteiger partial charge in [0.1, 0.15) is 11.6 Å². The Bertz CT molecular complexity index is 532. The van der Waals surface area contributed by atoms with Gasteiger partial charge in [-0.3, -0.25) is 9.69 Å². The third-order valence-electron chi connectivity index (χ3n) is 4.46. The fourth-order valence-electron chi connectivity index (χ4n) is 3.49. The Morgan fingerprint density at radius 2 is 2.10 bits per heavy atom. The van der Waals surface area contributed by atoms with E-state index in [0.717, 1.165) is 32.4 Å². The topological polar surface area (TPSA) is 29.5 Å². The number of fused-ring (bicyclic) bond motifs is 1. The molecule has 0 saturated carbocycles. The molecule has 0 N–H and O–H groups in total. The zero-order valence-electron chi connectivity index (χ0n) is 13.3. The van der Waals surface area contributed by atoms with Gasteiger partial charge >= 0.3 is 5.97 Å².